The van der Waals surface area contributed by atoms with Crippen molar-refractivity contribution in [2.45, 2.75) is 26.7 Å². The number of benzene rings is 2. The summed E-state index contributed by atoms with van der Waals surface area (Å²) in [6.07, 6.45) is 1.26. The third kappa shape index (κ3) is 4.31. The molecule has 146 valence electrons. The quantitative estimate of drug-likeness (QED) is 0.797. The van der Waals surface area contributed by atoms with Crippen molar-refractivity contribution >= 4 is 34.8 Å². The van der Waals surface area contributed by atoms with Crippen molar-refractivity contribution in [1.82, 2.24) is 0 Å². The van der Waals surface area contributed by atoms with Gasteiger partial charge in [0.15, 0.2) is 0 Å². The minimum Gasteiger partial charge on any atom is -0.495 e. The minimum atomic E-state index is -0.789. The topological polar surface area (TPSA) is 87.7 Å². The van der Waals surface area contributed by atoms with Gasteiger partial charge in [0, 0.05) is 24.3 Å². The second kappa shape index (κ2) is 8.12. The Hall–Kier alpha value is -3.35. The van der Waals surface area contributed by atoms with Gasteiger partial charge in [0.25, 0.3) is 0 Å². The summed E-state index contributed by atoms with van der Waals surface area (Å²) in [6.45, 7) is 4.43. The zero-order valence-electron chi connectivity index (χ0n) is 16.2. The Bertz CT molecular complexity index is 919. The summed E-state index contributed by atoms with van der Waals surface area (Å²) < 4.78 is 5.33. The smallest absolute Gasteiger partial charge is 0.314 e. The molecule has 0 bridgehead atoms. The van der Waals surface area contributed by atoms with Crippen LogP contribution in [0.15, 0.2) is 36.4 Å². The molecule has 7 nitrogen and oxygen atoms in total. The van der Waals surface area contributed by atoms with Crippen LogP contribution in [-0.2, 0) is 14.4 Å². The van der Waals surface area contributed by atoms with E-state index >= 15 is 0 Å². The molecule has 1 fully saturated rings. The average Bonchev–Trinajstić information content (AvgIpc) is 3.06. The molecule has 0 atom stereocenters. The van der Waals surface area contributed by atoms with E-state index in [2.05, 4.69) is 10.6 Å². The summed E-state index contributed by atoms with van der Waals surface area (Å²) in [5, 5.41) is 5.18. The number of amides is 3. The van der Waals surface area contributed by atoms with Crippen LogP contribution in [0, 0.1) is 13.8 Å². The summed E-state index contributed by atoms with van der Waals surface area (Å²) >= 11 is 0. The highest BCUT2D eigenvalue weighted by molar-refractivity contribution is 6.43. The van der Waals surface area contributed by atoms with Gasteiger partial charge in [-0.1, -0.05) is 6.07 Å². The van der Waals surface area contributed by atoms with E-state index < -0.39 is 11.8 Å². The number of nitrogens with one attached hydrogen (secondary N) is 2. The molecular weight excluding hydrogens is 358 g/mol. The normalized spacial score (nSPS) is 13.4. The van der Waals surface area contributed by atoms with Crippen LogP contribution < -0.4 is 20.3 Å². The minimum absolute atomic E-state index is 0.00865. The van der Waals surface area contributed by atoms with Crippen LogP contribution in [0.2, 0.25) is 0 Å². The molecule has 28 heavy (non-hydrogen) atoms. The zero-order valence-corrected chi connectivity index (χ0v) is 16.2. The molecule has 2 N–H and O–H groups in total. The maximum atomic E-state index is 12.3. The maximum absolute atomic E-state index is 12.3. The number of anilines is 3. The van der Waals surface area contributed by atoms with Gasteiger partial charge in [-0.15, -0.1) is 0 Å². The molecule has 0 spiro atoms. The Morgan fingerprint density at radius 1 is 0.964 bits per heavy atom. The Kier molecular flexibility index (Phi) is 5.63. The fourth-order valence-electron chi connectivity index (χ4n) is 3.30. The first-order chi connectivity index (χ1) is 13.4. The van der Waals surface area contributed by atoms with Gasteiger partial charge in [0.05, 0.1) is 12.8 Å². The first kappa shape index (κ1) is 19.4. The van der Waals surface area contributed by atoms with E-state index in [4.69, 9.17) is 4.74 Å². The van der Waals surface area contributed by atoms with E-state index in [0.29, 0.717) is 35.8 Å². The van der Waals surface area contributed by atoms with Crippen LogP contribution in [-0.4, -0.2) is 31.4 Å². The Balaban J connectivity index is 1.74. The molecule has 0 radical (unpaired) electrons. The van der Waals surface area contributed by atoms with Crippen LogP contribution in [0.4, 0.5) is 17.1 Å². The van der Waals surface area contributed by atoms with Crippen LogP contribution in [0.3, 0.4) is 0 Å². The van der Waals surface area contributed by atoms with Gasteiger partial charge in [0.1, 0.15) is 5.75 Å². The molecule has 2 aromatic rings. The third-order valence-corrected chi connectivity index (χ3v) is 4.49. The zero-order chi connectivity index (χ0) is 20.3. The number of aryl methyl sites for hydroxylation is 2. The van der Waals surface area contributed by atoms with E-state index in [-0.39, 0.29) is 5.91 Å². The van der Waals surface area contributed by atoms with E-state index in [1.165, 1.54) is 7.11 Å². The summed E-state index contributed by atoms with van der Waals surface area (Å²) in [4.78, 5) is 38.2. The molecule has 1 heterocycles. The summed E-state index contributed by atoms with van der Waals surface area (Å²) in [5.74, 6) is -1.01. The molecule has 7 heteroatoms. The van der Waals surface area contributed by atoms with Crippen molar-refractivity contribution in [2.24, 2.45) is 0 Å². The number of carbonyl (C=O) groups is 3. The number of ether oxygens (including phenoxy) is 1. The van der Waals surface area contributed by atoms with Crippen LogP contribution in [0.1, 0.15) is 24.0 Å². The van der Waals surface area contributed by atoms with Gasteiger partial charge in [-0.05, 0) is 61.7 Å². The van der Waals surface area contributed by atoms with E-state index in [1.54, 1.807) is 35.2 Å². The Labute approximate surface area is 163 Å². The summed E-state index contributed by atoms with van der Waals surface area (Å²) in [6, 6.07) is 10.5. The number of carbonyl (C=O) groups excluding carboxylic acids is 3. The van der Waals surface area contributed by atoms with Gasteiger partial charge in [0.2, 0.25) is 5.91 Å². The van der Waals surface area contributed by atoms with Gasteiger partial charge in [-0.2, -0.15) is 0 Å². The summed E-state index contributed by atoms with van der Waals surface area (Å²) in [5.41, 5.74) is 3.54. The average molecular weight is 381 g/mol. The monoisotopic (exact) mass is 381 g/mol. The van der Waals surface area contributed by atoms with Crippen LogP contribution in [0.25, 0.3) is 0 Å². The van der Waals surface area contributed by atoms with E-state index in [9.17, 15) is 14.4 Å². The van der Waals surface area contributed by atoms with Crippen LogP contribution >= 0.6 is 0 Å². The van der Waals surface area contributed by atoms with Gasteiger partial charge in [-0.25, -0.2) is 0 Å². The first-order valence-corrected chi connectivity index (χ1v) is 9.06. The van der Waals surface area contributed by atoms with Gasteiger partial charge >= 0.3 is 11.8 Å². The lowest BCUT2D eigenvalue weighted by atomic mass is 10.1. The lowest BCUT2D eigenvalue weighted by molar-refractivity contribution is -0.132. The Morgan fingerprint density at radius 3 is 2.18 bits per heavy atom. The lowest BCUT2D eigenvalue weighted by Gasteiger charge is -2.20. The van der Waals surface area contributed by atoms with Gasteiger partial charge in [-0.3, -0.25) is 14.4 Å². The Morgan fingerprint density at radius 2 is 1.61 bits per heavy atom. The van der Waals surface area contributed by atoms with Crippen LogP contribution in [0.5, 0.6) is 5.75 Å². The van der Waals surface area contributed by atoms with E-state index in [0.717, 1.165) is 17.5 Å². The first-order valence-electron chi connectivity index (χ1n) is 9.06. The number of rotatable bonds is 4. The van der Waals surface area contributed by atoms with Crippen molar-refractivity contribution in [1.29, 1.82) is 0 Å². The lowest BCUT2D eigenvalue weighted by Crippen LogP contribution is -2.29. The number of hydrogen-bond acceptors (Lipinski definition) is 4. The highest BCUT2D eigenvalue weighted by Crippen LogP contribution is 2.34. The van der Waals surface area contributed by atoms with E-state index in [1.807, 2.05) is 19.9 Å². The molecule has 1 aliphatic heterocycles. The maximum Gasteiger partial charge on any atom is 0.314 e. The van der Waals surface area contributed by atoms with Crippen molar-refractivity contribution in [2.75, 3.05) is 29.2 Å². The molecule has 0 unspecified atom stereocenters. The fraction of sp³-hybridized carbons (Fsp3) is 0.286. The van der Waals surface area contributed by atoms with Crippen molar-refractivity contribution in [3.05, 3.63) is 47.5 Å². The number of hydrogen-bond donors (Lipinski definition) is 2. The molecule has 2 aromatic carbocycles. The largest absolute Gasteiger partial charge is 0.495 e. The van der Waals surface area contributed by atoms with Crippen molar-refractivity contribution in [3.8, 4) is 5.75 Å². The second-order valence-corrected chi connectivity index (χ2v) is 6.82. The molecule has 1 aliphatic rings. The summed E-state index contributed by atoms with van der Waals surface area (Å²) in [7, 11) is 1.52. The molecule has 1 saturated heterocycles. The SMILES string of the molecule is COc1ccc(NC(=O)C(=O)Nc2cc(C)cc(C)c2)cc1N1CCCC1=O. The molecule has 0 aliphatic carbocycles. The molecule has 0 aromatic heterocycles. The standard InChI is InChI=1S/C21H23N3O4/c1-13-9-14(2)11-16(10-13)23-21(27)20(26)22-15-6-7-18(28-3)17(12-15)24-8-4-5-19(24)25/h6-7,9-12H,4-5,8H2,1-3H3,(H,22,26)(H,23,27). The number of methoxy groups -OCH3 is 1. The molecular formula is C21H23N3O4. The predicted octanol–water partition coefficient (Wildman–Crippen LogP) is 3.02. The predicted molar refractivity (Wildman–Crippen MR) is 108 cm³/mol. The van der Waals surface area contributed by atoms with Crippen molar-refractivity contribution in [3.63, 3.8) is 0 Å². The number of nitrogens with zero attached hydrogens (tertiary/aromatic N) is 1. The highest BCUT2D eigenvalue weighted by atomic mass is 16.5. The van der Waals surface area contributed by atoms with Gasteiger partial charge < -0.3 is 20.3 Å². The molecule has 3 amide bonds. The molecule has 0 saturated carbocycles. The second-order valence-electron chi connectivity index (χ2n) is 6.82. The fourth-order valence-corrected chi connectivity index (χ4v) is 3.30. The highest BCUT2D eigenvalue weighted by Gasteiger charge is 2.25. The molecule has 3 rings (SSSR count). The third-order valence-electron chi connectivity index (χ3n) is 4.49. The van der Waals surface area contributed by atoms with Crippen molar-refractivity contribution < 1.29 is 19.1 Å².